The Kier molecular flexibility index (Phi) is 8.43. The smallest absolute Gasteiger partial charge is 0.326 e. The zero-order chi connectivity index (χ0) is 21.6. The van der Waals surface area contributed by atoms with Gasteiger partial charge in [0.05, 0.1) is 0 Å². The summed E-state index contributed by atoms with van der Waals surface area (Å²) < 4.78 is 5.23. The van der Waals surface area contributed by atoms with Crippen LogP contribution in [0.25, 0.3) is 0 Å². The van der Waals surface area contributed by atoms with Crippen molar-refractivity contribution in [2.75, 3.05) is 13.1 Å². The molecule has 0 aromatic heterocycles. The highest BCUT2D eigenvalue weighted by Crippen LogP contribution is 2.25. The van der Waals surface area contributed by atoms with E-state index >= 15 is 0 Å². The lowest BCUT2D eigenvalue weighted by atomic mass is 9.97. The summed E-state index contributed by atoms with van der Waals surface area (Å²) in [4.78, 5) is 50.4. The summed E-state index contributed by atoms with van der Waals surface area (Å²) in [5.41, 5.74) is 0. The summed E-state index contributed by atoms with van der Waals surface area (Å²) in [6, 6.07) is -1.70. The van der Waals surface area contributed by atoms with Gasteiger partial charge in [-0.1, -0.05) is 40.0 Å². The van der Waals surface area contributed by atoms with Crippen molar-refractivity contribution in [2.24, 2.45) is 5.92 Å². The van der Waals surface area contributed by atoms with Gasteiger partial charge in [-0.05, 0) is 25.2 Å². The molecule has 2 saturated heterocycles. The van der Waals surface area contributed by atoms with Crippen LogP contribution in [0.1, 0.15) is 59.3 Å². The summed E-state index contributed by atoms with van der Waals surface area (Å²) in [6.45, 7) is 6.71. The van der Waals surface area contributed by atoms with Crippen molar-refractivity contribution in [1.29, 1.82) is 0 Å². The van der Waals surface area contributed by atoms with Gasteiger partial charge in [-0.25, -0.2) is 4.79 Å². The number of unbranched alkanes of at least 4 members (excludes halogenated alkanes) is 2. The van der Waals surface area contributed by atoms with E-state index in [1.165, 1.54) is 4.90 Å². The molecule has 5 atom stereocenters. The molecule has 29 heavy (non-hydrogen) atoms. The van der Waals surface area contributed by atoms with Gasteiger partial charge >= 0.3 is 5.97 Å². The summed E-state index contributed by atoms with van der Waals surface area (Å²) in [6.07, 6.45) is 2.86. The van der Waals surface area contributed by atoms with Crippen LogP contribution in [-0.2, 0) is 23.9 Å². The molecule has 9 heteroatoms. The highest BCUT2D eigenvalue weighted by Gasteiger charge is 2.51. The first-order valence-corrected chi connectivity index (χ1v) is 10.6. The molecular weight excluding hydrogens is 378 g/mol. The second kappa shape index (κ2) is 10.6. The fraction of sp³-hybridized carbons (Fsp3) is 0.800. The number of ether oxygens (including phenoxy) is 1. The molecule has 0 aromatic rings. The van der Waals surface area contributed by atoms with E-state index in [0.717, 1.165) is 19.3 Å². The maximum absolute atomic E-state index is 13.0. The standard InChI is InChI=1S/C20H33N3O6/c1-4-6-7-10-21-17(24)15-16(29-15)18(25)22-14(12(3)5-2)19(26)23-11-8-9-13(23)20(27)28/h12-16H,4-11H2,1-3H3,(H,21,24)(H,22,25)(H,27,28)/t12-,13-,14-,15-,16-/m0/s1. The number of hydrogen-bond donors (Lipinski definition) is 3. The van der Waals surface area contributed by atoms with E-state index < -0.39 is 36.2 Å². The van der Waals surface area contributed by atoms with Crippen molar-refractivity contribution in [3.63, 3.8) is 0 Å². The number of nitrogens with one attached hydrogen (secondary N) is 2. The highest BCUT2D eigenvalue weighted by molar-refractivity contribution is 5.97. The van der Waals surface area contributed by atoms with E-state index in [0.29, 0.717) is 32.4 Å². The van der Waals surface area contributed by atoms with E-state index in [1.54, 1.807) is 0 Å². The minimum Gasteiger partial charge on any atom is -0.480 e. The average Bonchev–Trinajstić information content (AvgIpc) is 3.35. The molecule has 2 heterocycles. The van der Waals surface area contributed by atoms with Gasteiger partial charge in [0.2, 0.25) is 5.91 Å². The first-order valence-electron chi connectivity index (χ1n) is 10.6. The largest absolute Gasteiger partial charge is 0.480 e. The normalized spacial score (nSPS) is 25.2. The van der Waals surface area contributed by atoms with Gasteiger partial charge in [0.15, 0.2) is 12.2 Å². The molecule has 0 aromatic carbocycles. The molecule has 164 valence electrons. The van der Waals surface area contributed by atoms with Crippen molar-refractivity contribution >= 4 is 23.7 Å². The van der Waals surface area contributed by atoms with Crippen molar-refractivity contribution in [3.05, 3.63) is 0 Å². The first-order chi connectivity index (χ1) is 13.8. The second-order valence-electron chi connectivity index (χ2n) is 7.88. The number of aliphatic carboxylic acids is 1. The minimum absolute atomic E-state index is 0.179. The molecule has 0 radical (unpaired) electrons. The van der Waals surface area contributed by atoms with Crippen LogP contribution in [-0.4, -0.2) is 71.1 Å². The van der Waals surface area contributed by atoms with Crippen LogP contribution < -0.4 is 10.6 Å². The third kappa shape index (κ3) is 5.91. The predicted octanol–water partition coefficient (Wildman–Crippen LogP) is 0.667. The number of amides is 3. The van der Waals surface area contributed by atoms with Gasteiger partial charge in [-0.15, -0.1) is 0 Å². The van der Waals surface area contributed by atoms with Crippen molar-refractivity contribution < 1.29 is 29.0 Å². The Hall–Kier alpha value is -2.16. The minimum atomic E-state index is -1.03. The predicted molar refractivity (Wildman–Crippen MR) is 105 cm³/mol. The average molecular weight is 411 g/mol. The van der Waals surface area contributed by atoms with Crippen molar-refractivity contribution in [2.45, 2.75) is 83.6 Å². The molecule has 0 unspecified atom stereocenters. The van der Waals surface area contributed by atoms with Crippen molar-refractivity contribution in [1.82, 2.24) is 15.5 Å². The monoisotopic (exact) mass is 411 g/mol. The van der Waals surface area contributed by atoms with Crippen LogP contribution >= 0.6 is 0 Å². The quantitative estimate of drug-likeness (QED) is 0.339. The molecule has 2 aliphatic heterocycles. The Balaban J connectivity index is 1.93. The fourth-order valence-corrected chi connectivity index (χ4v) is 3.58. The lowest BCUT2D eigenvalue weighted by Gasteiger charge is -2.30. The van der Waals surface area contributed by atoms with Crippen LogP contribution in [0, 0.1) is 5.92 Å². The van der Waals surface area contributed by atoms with Gasteiger partial charge in [-0.2, -0.15) is 0 Å². The fourth-order valence-electron chi connectivity index (χ4n) is 3.58. The molecule has 9 nitrogen and oxygen atoms in total. The molecule has 0 bridgehead atoms. The maximum Gasteiger partial charge on any atom is 0.326 e. The second-order valence-corrected chi connectivity index (χ2v) is 7.88. The van der Waals surface area contributed by atoms with Crippen LogP contribution in [0.5, 0.6) is 0 Å². The van der Waals surface area contributed by atoms with Gasteiger partial charge < -0.3 is 25.4 Å². The number of hydrogen-bond acceptors (Lipinski definition) is 5. The van der Waals surface area contributed by atoms with Gasteiger partial charge in [-0.3, -0.25) is 14.4 Å². The van der Waals surface area contributed by atoms with Crippen LogP contribution in [0.4, 0.5) is 0 Å². The number of likely N-dealkylation sites (tertiary alicyclic amines) is 1. The molecule has 3 amide bonds. The SMILES string of the molecule is CCCCCNC(=O)[C@H]1O[C@@H]1C(=O)N[C@H](C(=O)N1CCC[C@H]1C(=O)O)[C@@H](C)CC. The molecule has 2 aliphatic rings. The molecule has 2 rings (SSSR count). The van der Waals surface area contributed by atoms with Gasteiger partial charge in [0.1, 0.15) is 12.1 Å². The molecule has 3 N–H and O–H groups in total. The molecule has 0 aliphatic carbocycles. The molecule has 0 saturated carbocycles. The number of rotatable bonds is 11. The topological polar surface area (TPSA) is 128 Å². The number of nitrogens with zero attached hydrogens (tertiary/aromatic N) is 1. The number of carboxylic acid groups (broad SMARTS) is 1. The Morgan fingerprint density at radius 1 is 1.14 bits per heavy atom. The summed E-state index contributed by atoms with van der Waals surface area (Å²) in [5.74, 6) is -2.43. The Morgan fingerprint density at radius 2 is 1.83 bits per heavy atom. The highest BCUT2D eigenvalue weighted by atomic mass is 16.6. The number of epoxide rings is 1. The van der Waals surface area contributed by atoms with E-state index in [1.807, 2.05) is 13.8 Å². The third-order valence-electron chi connectivity index (χ3n) is 5.69. The lowest BCUT2D eigenvalue weighted by molar-refractivity contribution is -0.150. The van der Waals surface area contributed by atoms with E-state index in [-0.39, 0.29) is 17.7 Å². The number of carbonyl (C=O) groups excluding carboxylic acids is 3. The number of carbonyl (C=O) groups is 4. The first kappa shape index (κ1) is 23.1. The van der Waals surface area contributed by atoms with Gasteiger partial charge in [0, 0.05) is 13.1 Å². The zero-order valence-electron chi connectivity index (χ0n) is 17.5. The lowest BCUT2D eigenvalue weighted by Crippen LogP contribution is -2.55. The Bertz CT molecular complexity index is 625. The maximum atomic E-state index is 13.0. The molecule has 0 spiro atoms. The van der Waals surface area contributed by atoms with Crippen LogP contribution in [0.15, 0.2) is 0 Å². The van der Waals surface area contributed by atoms with Crippen LogP contribution in [0.2, 0.25) is 0 Å². The van der Waals surface area contributed by atoms with E-state index in [9.17, 15) is 24.3 Å². The Morgan fingerprint density at radius 3 is 2.45 bits per heavy atom. The van der Waals surface area contributed by atoms with Gasteiger partial charge in [0.25, 0.3) is 11.8 Å². The van der Waals surface area contributed by atoms with Crippen LogP contribution in [0.3, 0.4) is 0 Å². The van der Waals surface area contributed by atoms with E-state index in [2.05, 4.69) is 17.6 Å². The molecular formula is C20H33N3O6. The third-order valence-corrected chi connectivity index (χ3v) is 5.69. The molecule has 2 fully saturated rings. The number of carboxylic acids is 1. The Labute approximate surface area is 171 Å². The van der Waals surface area contributed by atoms with E-state index in [4.69, 9.17) is 4.74 Å². The summed E-state index contributed by atoms with van der Waals surface area (Å²) >= 11 is 0. The summed E-state index contributed by atoms with van der Waals surface area (Å²) in [7, 11) is 0. The zero-order valence-corrected chi connectivity index (χ0v) is 17.5. The van der Waals surface area contributed by atoms with Crippen molar-refractivity contribution in [3.8, 4) is 0 Å². The summed E-state index contributed by atoms with van der Waals surface area (Å²) in [5, 5.41) is 14.8.